The van der Waals surface area contributed by atoms with E-state index in [9.17, 15) is 0 Å². The van der Waals surface area contributed by atoms with Gasteiger partial charge in [0, 0.05) is 44.2 Å². The first-order valence-electron chi connectivity index (χ1n) is 18.4. The highest BCUT2D eigenvalue weighted by atomic mass is 16.3. The van der Waals surface area contributed by atoms with Crippen LogP contribution in [-0.2, 0) is 5.41 Å². The molecule has 11 rings (SSSR count). The SMILES string of the molecule is CC1(C)c2ccccc2-c2ccc(N(c3ccc(-c4ccc5c(ccc6nc(-c7ccccc7)oc65)c4)cc3)c3ccc4oc5ccccc5c4c3)cc21. The Morgan fingerprint density at radius 3 is 2.06 bits per heavy atom. The first-order chi connectivity index (χ1) is 26.5. The minimum Gasteiger partial charge on any atom is -0.456 e. The van der Waals surface area contributed by atoms with Crippen LogP contribution in [0.25, 0.3) is 77.5 Å². The number of oxazole rings is 1. The molecule has 0 N–H and O–H groups in total. The highest BCUT2D eigenvalue weighted by Gasteiger charge is 2.35. The molecule has 0 amide bonds. The summed E-state index contributed by atoms with van der Waals surface area (Å²) in [4.78, 5) is 7.15. The van der Waals surface area contributed by atoms with Gasteiger partial charge in [-0.3, -0.25) is 0 Å². The van der Waals surface area contributed by atoms with Crippen LogP contribution < -0.4 is 4.90 Å². The lowest BCUT2D eigenvalue weighted by Crippen LogP contribution is -2.16. The van der Waals surface area contributed by atoms with Gasteiger partial charge in [-0.15, -0.1) is 0 Å². The lowest BCUT2D eigenvalue weighted by atomic mass is 9.82. The van der Waals surface area contributed by atoms with Crippen LogP contribution in [0.1, 0.15) is 25.0 Å². The molecule has 4 nitrogen and oxygen atoms in total. The van der Waals surface area contributed by atoms with Crippen molar-refractivity contribution in [1.82, 2.24) is 4.98 Å². The highest BCUT2D eigenvalue weighted by Crippen LogP contribution is 2.51. The minimum atomic E-state index is -0.112. The van der Waals surface area contributed by atoms with E-state index in [-0.39, 0.29) is 5.41 Å². The predicted molar refractivity (Wildman–Crippen MR) is 222 cm³/mol. The summed E-state index contributed by atoms with van der Waals surface area (Å²) >= 11 is 0. The van der Waals surface area contributed by atoms with Gasteiger partial charge in [0.05, 0.1) is 0 Å². The second-order valence-corrected chi connectivity index (χ2v) is 14.8. The Kier molecular flexibility index (Phi) is 6.56. The summed E-state index contributed by atoms with van der Waals surface area (Å²) < 4.78 is 12.6. The van der Waals surface area contributed by atoms with Crippen molar-refractivity contribution in [1.29, 1.82) is 0 Å². The van der Waals surface area contributed by atoms with Crippen molar-refractivity contribution in [3.8, 4) is 33.7 Å². The number of para-hydroxylation sites is 1. The van der Waals surface area contributed by atoms with Crippen molar-refractivity contribution in [2.24, 2.45) is 0 Å². The molecule has 0 saturated carbocycles. The van der Waals surface area contributed by atoms with Crippen LogP contribution in [0.15, 0.2) is 179 Å². The van der Waals surface area contributed by atoms with Crippen LogP contribution in [0.4, 0.5) is 17.1 Å². The van der Waals surface area contributed by atoms with Gasteiger partial charge in [-0.05, 0) is 118 Å². The molecule has 1 aliphatic carbocycles. The number of rotatable bonds is 5. The maximum atomic E-state index is 6.32. The van der Waals surface area contributed by atoms with Gasteiger partial charge in [0.1, 0.15) is 16.7 Å². The fourth-order valence-electron chi connectivity index (χ4n) is 8.53. The van der Waals surface area contributed by atoms with Gasteiger partial charge in [0.2, 0.25) is 5.89 Å². The van der Waals surface area contributed by atoms with Gasteiger partial charge in [0.15, 0.2) is 5.58 Å². The number of anilines is 3. The highest BCUT2D eigenvalue weighted by molar-refractivity contribution is 6.07. The molecule has 1 aliphatic rings. The summed E-state index contributed by atoms with van der Waals surface area (Å²) in [6.07, 6.45) is 0. The molecule has 0 atom stereocenters. The van der Waals surface area contributed by atoms with E-state index >= 15 is 0 Å². The summed E-state index contributed by atoms with van der Waals surface area (Å²) in [5.74, 6) is 0.638. The third-order valence-corrected chi connectivity index (χ3v) is 11.3. The van der Waals surface area contributed by atoms with E-state index in [0.717, 1.165) is 77.6 Å². The largest absolute Gasteiger partial charge is 0.456 e. The number of aromatic nitrogens is 1. The minimum absolute atomic E-state index is 0.112. The van der Waals surface area contributed by atoms with Crippen molar-refractivity contribution < 1.29 is 8.83 Å². The van der Waals surface area contributed by atoms with Crippen LogP contribution in [0.5, 0.6) is 0 Å². The molecule has 2 aromatic heterocycles. The van der Waals surface area contributed by atoms with E-state index in [4.69, 9.17) is 13.8 Å². The summed E-state index contributed by atoms with van der Waals surface area (Å²) in [5, 5.41) is 4.39. The van der Waals surface area contributed by atoms with Crippen LogP contribution in [0, 0.1) is 0 Å². The Morgan fingerprint density at radius 2 is 1.17 bits per heavy atom. The lowest BCUT2D eigenvalue weighted by Gasteiger charge is -2.28. The topological polar surface area (TPSA) is 42.4 Å². The molecule has 256 valence electrons. The van der Waals surface area contributed by atoms with Crippen molar-refractivity contribution >= 4 is 60.9 Å². The third kappa shape index (κ3) is 4.66. The molecule has 0 aliphatic heterocycles. The van der Waals surface area contributed by atoms with Crippen LogP contribution in [-0.4, -0.2) is 4.98 Å². The summed E-state index contributed by atoms with van der Waals surface area (Å²) in [6.45, 7) is 4.67. The maximum absolute atomic E-state index is 6.32. The van der Waals surface area contributed by atoms with Crippen molar-refractivity contribution in [3.63, 3.8) is 0 Å². The molecule has 54 heavy (non-hydrogen) atoms. The number of fused-ring (bicyclic) bond motifs is 9. The van der Waals surface area contributed by atoms with Crippen molar-refractivity contribution in [2.75, 3.05) is 4.90 Å². The zero-order chi connectivity index (χ0) is 36.0. The first-order valence-corrected chi connectivity index (χ1v) is 18.4. The standard InChI is InChI=1S/C50H34N2O2/c1-50(2)43-14-8-6-12-39(43)40-25-22-37(30-44(40)50)52(36-23-27-47-42(29-36)41-13-7-9-15-46(41)53-47)35-20-16-31(17-21-35)33-18-24-38-34(28-33)19-26-45-48(38)54-49(51-45)32-10-4-3-5-11-32/h3-30H,1-2H3. The molecule has 4 heteroatoms. The second-order valence-electron chi connectivity index (χ2n) is 14.8. The van der Waals surface area contributed by atoms with E-state index in [1.807, 2.05) is 42.5 Å². The summed E-state index contributed by atoms with van der Waals surface area (Å²) in [6, 6.07) is 60.3. The predicted octanol–water partition coefficient (Wildman–Crippen LogP) is 14.0. The number of hydrogen-bond donors (Lipinski definition) is 0. The van der Waals surface area contributed by atoms with Crippen LogP contribution >= 0.6 is 0 Å². The van der Waals surface area contributed by atoms with Gasteiger partial charge in [-0.25, -0.2) is 4.98 Å². The molecule has 0 bridgehead atoms. The van der Waals surface area contributed by atoms with E-state index < -0.39 is 0 Å². The van der Waals surface area contributed by atoms with Crippen LogP contribution in [0.2, 0.25) is 0 Å². The quantitative estimate of drug-likeness (QED) is 0.180. The van der Waals surface area contributed by atoms with E-state index in [0.29, 0.717) is 5.89 Å². The number of nitrogens with zero attached hydrogens (tertiary/aromatic N) is 2. The Bertz CT molecular complexity index is 3080. The lowest BCUT2D eigenvalue weighted by molar-refractivity contribution is 0.623. The van der Waals surface area contributed by atoms with Gasteiger partial charge >= 0.3 is 0 Å². The molecule has 2 heterocycles. The Hall–Kier alpha value is -6.91. The Balaban J connectivity index is 1.01. The number of hydrogen-bond acceptors (Lipinski definition) is 4. The zero-order valence-corrected chi connectivity index (χ0v) is 29.9. The average molecular weight is 695 g/mol. The van der Waals surface area contributed by atoms with Crippen molar-refractivity contribution in [3.05, 3.63) is 181 Å². The average Bonchev–Trinajstić information content (AvgIpc) is 3.89. The third-order valence-electron chi connectivity index (χ3n) is 11.3. The van der Waals surface area contributed by atoms with E-state index in [1.54, 1.807) is 0 Å². The molecular weight excluding hydrogens is 661 g/mol. The van der Waals surface area contributed by atoms with Gasteiger partial charge in [-0.1, -0.05) is 105 Å². The maximum Gasteiger partial charge on any atom is 0.227 e. The van der Waals surface area contributed by atoms with Gasteiger partial charge < -0.3 is 13.7 Å². The summed E-state index contributed by atoms with van der Waals surface area (Å²) in [5.41, 5.74) is 15.2. The second kappa shape index (κ2) is 11.5. The van der Waals surface area contributed by atoms with Crippen LogP contribution in [0.3, 0.4) is 0 Å². The zero-order valence-electron chi connectivity index (χ0n) is 29.9. The van der Waals surface area contributed by atoms with Gasteiger partial charge in [0.25, 0.3) is 0 Å². The molecule has 0 spiro atoms. The first kappa shape index (κ1) is 30.7. The van der Waals surface area contributed by atoms with E-state index in [1.165, 1.54) is 22.3 Å². The van der Waals surface area contributed by atoms with Gasteiger partial charge in [-0.2, -0.15) is 0 Å². The van der Waals surface area contributed by atoms with Crippen molar-refractivity contribution in [2.45, 2.75) is 19.3 Å². The smallest absolute Gasteiger partial charge is 0.227 e. The number of furan rings is 1. The Labute approximate surface area is 312 Å². The normalized spacial score (nSPS) is 13.1. The van der Waals surface area contributed by atoms with E-state index in [2.05, 4.69) is 146 Å². The molecule has 0 fully saturated rings. The fourth-order valence-corrected chi connectivity index (χ4v) is 8.53. The summed E-state index contributed by atoms with van der Waals surface area (Å²) in [7, 11) is 0. The fraction of sp³-hybridized carbons (Fsp3) is 0.0600. The molecule has 10 aromatic rings. The molecular formula is C50H34N2O2. The molecule has 0 radical (unpaired) electrons. The Morgan fingerprint density at radius 1 is 0.463 bits per heavy atom. The molecule has 0 unspecified atom stereocenters. The number of benzene rings is 8. The molecule has 0 saturated heterocycles. The monoisotopic (exact) mass is 694 g/mol. The molecule has 8 aromatic carbocycles.